The highest BCUT2D eigenvalue weighted by Crippen LogP contribution is 2.34. The average molecular weight is 325 g/mol. The first-order valence-electron chi connectivity index (χ1n) is 7.99. The van der Waals surface area contributed by atoms with Gasteiger partial charge in [-0.3, -0.25) is 0 Å². The Morgan fingerprint density at radius 3 is 2.45 bits per heavy atom. The summed E-state index contributed by atoms with van der Waals surface area (Å²) in [7, 11) is 0.660. The maximum absolute atomic E-state index is 11.2. The van der Waals surface area contributed by atoms with Gasteiger partial charge in [0.1, 0.15) is 0 Å². The fourth-order valence-corrected chi connectivity index (χ4v) is 3.20. The van der Waals surface area contributed by atoms with Crippen molar-refractivity contribution < 1.29 is 8.95 Å². The van der Waals surface area contributed by atoms with Crippen molar-refractivity contribution >= 4 is 10.6 Å². The maximum Gasteiger partial charge on any atom is 0.0710 e. The quantitative estimate of drug-likeness (QED) is 0.639. The van der Waals surface area contributed by atoms with E-state index >= 15 is 0 Å². The second kappa shape index (κ2) is 9.31. The molecule has 4 heteroatoms. The van der Waals surface area contributed by atoms with Crippen LogP contribution in [0.15, 0.2) is 38.8 Å². The molecule has 1 aliphatic rings. The van der Waals surface area contributed by atoms with Gasteiger partial charge in [0.15, 0.2) is 0 Å². The fourth-order valence-electron chi connectivity index (χ4n) is 2.85. The number of nitrogens with zero attached hydrogens (tertiary/aromatic N) is 1. The van der Waals surface area contributed by atoms with Crippen molar-refractivity contribution in [3.05, 3.63) is 34.4 Å². The molecule has 3 nitrogen and oxygen atoms in total. The molecular weight excluding hydrogens is 294 g/mol. The molecule has 0 saturated carbocycles. The summed E-state index contributed by atoms with van der Waals surface area (Å²) in [6, 6.07) is 0. The number of rotatable bonds is 7. The van der Waals surface area contributed by atoms with Gasteiger partial charge in [0, 0.05) is 13.7 Å². The van der Waals surface area contributed by atoms with Crippen LogP contribution >= 0.6 is 0 Å². The zero-order valence-corrected chi connectivity index (χ0v) is 15.6. The van der Waals surface area contributed by atoms with Crippen molar-refractivity contribution in [3.8, 4) is 0 Å². The second-order valence-electron chi connectivity index (χ2n) is 6.36. The smallest absolute Gasteiger partial charge is 0.0710 e. The Hall–Kier alpha value is -0.870. The number of hydrogen-bond acceptors (Lipinski definition) is 4. The van der Waals surface area contributed by atoms with Crippen LogP contribution in [-0.2, 0) is 19.5 Å². The zero-order valence-electron chi connectivity index (χ0n) is 14.8. The van der Waals surface area contributed by atoms with Crippen molar-refractivity contribution in [1.29, 1.82) is 0 Å². The number of allylic oxidation sites excluding steroid dienone is 3. The lowest BCUT2D eigenvalue weighted by atomic mass is 9.85. The van der Waals surface area contributed by atoms with E-state index in [0.29, 0.717) is 25.0 Å². The minimum absolute atomic E-state index is 0.453. The van der Waals surface area contributed by atoms with Gasteiger partial charge in [0.05, 0.1) is 6.61 Å². The normalized spacial score (nSPS) is 17.8. The molecule has 0 bridgehead atoms. The summed E-state index contributed by atoms with van der Waals surface area (Å²) in [4.78, 5) is 0. The van der Waals surface area contributed by atoms with Gasteiger partial charge in [-0.1, -0.05) is 45.4 Å². The van der Waals surface area contributed by atoms with E-state index in [1.165, 1.54) is 22.3 Å². The molecule has 0 unspecified atom stereocenters. The Bertz CT molecular complexity index is 547. The first-order valence-corrected chi connectivity index (χ1v) is 9.51. The number of methoxy groups -OCH3 is 1. The van der Waals surface area contributed by atoms with E-state index in [9.17, 15) is 4.21 Å². The van der Waals surface area contributed by atoms with Gasteiger partial charge in [-0.05, 0) is 41.4 Å². The molecule has 0 aromatic carbocycles. The van der Waals surface area contributed by atoms with E-state index in [1.54, 1.807) is 13.4 Å². The SMILES string of the molecule is COCC1=CCC(C(C)C)=C(CCN=[S-](C)=O)C(C(C)C)=C1. The van der Waals surface area contributed by atoms with Gasteiger partial charge in [0.2, 0.25) is 0 Å². The second-order valence-corrected chi connectivity index (χ2v) is 7.46. The third-order valence-corrected chi connectivity index (χ3v) is 4.47. The molecule has 22 heavy (non-hydrogen) atoms. The van der Waals surface area contributed by atoms with E-state index < -0.39 is 10.6 Å². The summed E-state index contributed by atoms with van der Waals surface area (Å²) in [6.07, 6.45) is 8.02. The van der Waals surface area contributed by atoms with Crippen LogP contribution in [0.1, 0.15) is 40.5 Å². The Labute approximate surface area is 137 Å². The predicted octanol–water partition coefficient (Wildman–Crippen LogP) is 4.67. The molecule has 0 saturated heterocycles. The van der Waals surface area contributed by atoms with Crippen LogP contribution in [0.25, 0.3) is 0 Å². The van der Waals surface area contributed by atoms with Crippen molar-refractivity contribution in [1.82, 2.24) is 0 Å². The van der Waals surface area contributed by atoms with Gasteiger partial charge >= 0.3 is 0 Å². The minimum atomic E-state index is -1.08. The molecule has 0 aromatic rings. The molecule has 0 N–H and O–H groups in total. The van der Waals surface area contributed by atoms with Crippen LogP contribution in [0.3, 0.4) is 0 Å². The zero-order chi connectivity index (χ0) is 16.7. The molecular formula is C18H30NO2S-. The van der Waals surface area contributed by atoms with E-state index in [1.807, 2.05) is 0 Å². The van der Waals surface area contributed by atoms with Gasteiger partial charge in [0.25, 0.3) is 0 Å². The van der Waals surface area contributed by atoms with E-state index in [4.69, 9.17) is 4.74 Å². The van der Waals surface area contributed by atoms with Crippen LogP contribution in [0.2, 0.25) is 0 Å². The topological polar surface area (TPSA) is 38.7 Å². The monoisotopic (exact) mass is 324 g/mol. The highest BCUT2D eigenvalue weighted by atomic mass is 32.2. The number of hydrogen-bond donors (Lipinski definition) is 0. The maximum atomic E-state index is 11.2. The Morgan fingerprint density at radius 1 is 1.27 bits per heavy atom. The van der Waals surface area contributed by atoms with Gasteiger partial charge < -0.3 is 13.3 Å². The molecule has 0 aliphatic heterocycles. The summed E-state index contributed by atoms with van der Waals surface area (Å²) < 4.78 is 20.7. The summed E-state index contributed by atoms with van der Waals surface area (Å²) in [5.41, 5.74) is 5.50. The predicted molar refractivity (Wildman–Crippen MR) is 95.2 cm³/mol. The van der Waals surface area contributed by atoms with Crippen LogP contribution in [-0.4, -0.2) is 26.5 Å². The largest absolute Gasteiger partial charge is 0.445 e. The first-order chi connectivity index (χ1) is 10.4. The molecule has 0 atom stereocenters. The standard InChI is InChI=1S/C18H30NO2S/c1-13(2)16-8-7-15(12-21-5)11-18(14(3)4)17(16)9-10-19-22(6)20/h7,11,13-14H,8-10,12H2,1-6H3/q-1. The third-order valence-electron chi connectivity index (χ3n) is 3.93. The first kappa shape index (κ1) is 19.2. The third kappa shape index (κ3) is 5.73. The van der Waals surface area contributed by atoms with E-state index in [0.717, 1.165) is 12.8 Å². The number of ether oxygens (including phenoxy) is 1. The lowest BCUT2D eigenvalue weighted by molar-refractivity contribution is 0.228. The highest BCUT2D eigenvalue weighted by molar-refractivity contribution is 7.73. The lowest BCUT2D eigenvalue weighted by Crippen LogP contribution is -2.07. The molecule has 126 valence electrons. The Balaban J connectivity index is 3.22. The van der Waals surface area contributed by atoms with Crippen LogP contribution in [0.4, 0.5) is 0 Å². The minimum Gasteiger partial charge on any atom is -0.445 e. The van der Waals surface area contributed by atoms with Crippen molar-refractivity contribution in [3.63, 3.8) is 0 Å². The van der Waals surface area contributed by atoms with Crippen LogP contribution in [0, 0.1) is 11.8 Å². The fraction of sp³-hybridized carbons (Fsp3) is 0.667. The summed E-state index contributed by atoms with van der Waals surface area (Å²) in [5.74, 6) is 0.955. The van der Waals surface area contributed by atoms with Gasteiger partial charge in [-0.15, -0.1) is 6.26 Å². The van der Waals surface area contributed by atoms with Crippen molar-refractivity contribution in [2.24, 2.45) is 16.2 Å². The summed E-state index contributed by atoms with van der Waals surface area (Å²) in [6.45, 7) is 10.2. The lowest BCUT2D eigenvalue weighted by Gasteiger charge is -2.21. The Morgan fingerprint density at radius 2 is 1.95 bits per heavy atom. The molecule has 0 amide bonds. The Kier molecular flexibility index (Phi) is 8.12. The molecule has 0 fully saturated rings. The molecule has 0 aromatic heterocycles. The van der Waals surface area contributed by atoms with Crippen molar-refractivity contribution in [2.75, 3.05) is 26.5 Å². The van der Waals surface area contributed by atoms with Gasteiger partial charge in [-0.25, -0.2) is 0 Å². The van der Waals surface area contributed by atoms with E-state index in [-0.39, 0.29) is 0 Å². The summed E-state index contributed by atoms with van der Waals surface area (Å²) >= 11 is 0. The molecule has 1 aliphatic carbocycles. The van der Waals surface area contributed by atoms with Gasteiger partial charge in [-0.2, -0.15) is 10.6 Å². The van der Waals surface area contributed by atoms with Crippen molar-refractivity contribution in [2.45, 2.75) is 40.5 Å². The van der Waals surface area contributed by atoms with E-state index in [2.05, 4.69) is 44.2 Å². The molecule has 0 spiro atoms. The average Bonchev–Trinajstić information content (AvgIpc) is 2.59. The van der Waals surface area contributed by atoms with Crippen LogP contribution in [0.5, 0.6) is 0 Å². The van der Waals surface area contributed by atoms with Crippen LogP contribution < -0.4 is 0 Å². The molecule has 0 radical (unpaired) electrons. The molecule has 1 rings (SSSR count). The summed E-state index contributed by atoms with van der Waals surface area (Å²) in [5, 5.41) is 0. The highest BCUT2D eigenvalue weighted by Gasteiger charge is 2.19. The molecule has 0 heterocycles.